The van der Waals surface area contributed by atoms with Crippen molar-refractivity contribution in [1.82, 2.24) is 30.1 Å². The smallest absolute Gasteiger partial charge is 0.327 e. The number of tetrazole rings is 1. The van der Waals surface area contributed by atoms with Gasteiger partial charge in [-0.2, -0.15) is 0 Å². The molecule has 1 aromatic carbocycles. The number of ether oxygens (including phenoxy) is 1. The van der Waals surface area contributed by atoms with Crippen molar-refractivity contribution in [2.24, 2.45) is 0 Å². The molecule has 0 radical (unpaired) electrons. The lowest BCUT2D eigenvalue weighted by Crippen LogP contribution is -2.38. The molecule has 0 unspecified atom stereocenters. The maximum absolute atomic E-state index is 13.0. The molecule has 0 amide bonds. The number of rotatable bonds is 8. The molecule has 1 aliphatic rings. The molecule has 0 spiro atoms. The van der Waals surface area contributed by atoms with E-state index in [4.69, 9.17) is 4.74 Å². The zero-order valence-electron chi connectivity index (χ0n) is 19.6. The van der Waals surface area contributed by atoms with E-state index in [1.807, 2.05) is 19.9 Å². The highest BCUT2D eigenvalue weighted by atomic mass is 16.5. The third-order valence-corrected chi connectivity index (χ3v) is 6.63. The Kier molecular flexibility index (Phi) is 7.17. The van der Waals surface area contributed by atoms with Gasteiger partial charge in [-0.25, -0.2) is 4.68 Å². The molecular weight excluding hydrogens is 420 g/mol. The van der Waals surface area contributed by atoms with Crippen LogP contribution in [0.15, 0.2) is 23.0 Å². The number of nitrogens with zero attached hydrogens (tertiary/aromatic N) is 5. The average Bonchev–Trinajstić information content (AvgIpc) is 3.24. The summed E-state index contributed by atoms with van der Waals surface area (Å²) in [5.74, 6) is 0.226. The van der Waals surface area contributed by atoms with Crippen molar-refractivity contribution in [2.45, 2.75) is 78.6 Å². The molecule has 4 rings (SSSR count). The summed E-state index contributed by atoms with van der Waals surface area (Å²) in [5.41, 5.74) is 3.80. The fourth-order valence-electron chi connectivity index (χ4n) is 4.64. The molecule has 33 heavy (non-hydrogen) atoms. The van der Waals surface area contributed by atoms with Gasteiger partial charge < -0.3 is 9.72 Å². The van der Waals surface area contributed by atoms with Crippen molar-refractivity contribution < 1.29 is 9.53 Å². The van der Waals surface area contributed by atoms with Gasteiger partial charge in [-0.05, 0) is 66.6 Å². The number of H-pyrrole nitrogens is 1. The second-order valence-corrected chi connectivity index (χ2v) is 8.85. The van der Waals surface area contributed by atoms with Gasteiger partial charge in [0.2, 0.25) is 0 Å². The van der Waals surface area contributed by atoms with Crippen LogP contribution in [-0.2, 0) is 29.2 Å². The fourth-order valence-corrected chi connectivity index (χ4v) is 4.64. The van der Waals surface area contributed by atoms with Gasteiger partial charge in [-0.15, -0.1) is 5.10 Å². The molecule has 3 aromatic rings. The quantitative estimate of drug-likeness (QED) is 0.524. The van der Waals surface area contributed by atoms with Crippen LogP contribution in [0, 0.1) is 13.8 Å². The minimum Gasteiger partial charge on any atom is -0.465 e. The van der Waals surface area contributed by atoms with Crippen LogP contribution >= 0.6 is 0 Å². The zero-order valence-corrected chi connectivity index (χ0v) is 19.6. The first-order chi connectivity index (χ1) is 16.0. The predicted octanol–water partition coefficient (Wildman–Crippen LogP) is 3.03. The highest BCUT2D eigenvalue weighted by molar-refractivity contribution is 5.83. The van der Waals surface area contributed by atoms with Crippen molar-refractivity contribution >= 4 is 16.9 Å². The summed E-state index contributed by atoms with van der Waals surface area (Å²) in [6.45, 7) is 7.10. The van der Waals surface area contributed by atoms with Crippen LogP contribution in [-0.4, -0.2) is 48.7 Å². The van der Waals surface area contributed by atoms with E-state index in [9.17, 15) is 9.59 Å². The molecular formula is C24H32N6O3. The summed E-state index contributed by atoms with van der Waals surface area (Å²) in [6, 6.07) is 6.48. The van der Waals surface area contributed by atoms with Crippen LogP contribution in [0.3, 0.4) is 0 Å². The normalized spacial score (nSPS) is 14.8. The highest BCUT2D eigenvalue weighted by Crippen LogP contribution is 2.26. The van der Waals surface area contributed by atoms with E-state index in [0.717, 1.165) is 40.4 Å². The topological polar surface area (TPSA) is 106 Å². The summed E-state index contributed by atoms with van der Waals surface area (Å²) >= 11 is 0. The van der Waals surface area contributed by atoms with Gasteiger partial charge in [0.25, 0.3) is 5.56 Å². The number of benzene rings is 1. The van der Waals surface area contributed by atoms with Crippen molar-refractivity contribution in [2.75, 3.05) is 6.61 Å². The van der Waals surface area contributed by atoms with Crippen molar-refractivity contribution in [3.8, 4) is 0 Å². The van der Waals surface area contributed by atoms with Crippen LogP contribution in [0.25, 0.3) is 10.9 Å². The molecule has 0 aliphatic heterocycles. The van der Waals surface area contributed by atoms with Gasteiger partial charge >= 0.3 is 5.97 Å². The van der Waals surface area contributed by atoms with Gasteiger partial charge in [0, 0.05) is 18.2 Å². The van der Waals surface area contributed by atoms with Crippen LogP contribution in [0.2, 0.25) is 0 Å². The number of hydrogen-bond acceptors (Lipinski definition) is 7. The SMILES string of the molecule is CCOC(=O)Cn1nnnc1CN(Cc1cc2ccc(C)c(C)c2[nH]c1=O)C1CCCCC1. The van der Waals surface area contributed by atoms with E-state index < -0.39 is 0 Å². The van der Waals surface area contributed by atoms with Crippen molar-refractivity contribution in [3.05, 3.63) is 51.1 Å². The van der Waals surface area contributed by atoms with Crippen LogP contribution < -0.4 is 5.56 Å². The molecule has 0 bridgehead atoms. The Morgan fingerprint density at radius 3 is 2.76 bits per heavy atom. The largest absolute Gasteiger partial charge is 0.465 e. The maximum Gasteiger partial charge on any atom is 0.327 e. The Labute approximate surface area is 193 Å². The molecule has 0 atom stereocenters. The summed E-state index contributed by atoms with van der Waals surface area (Å²) in [5, 5.41) is 13.0. The van der Waals surface area contributed by atoms with Gasteiger partial charge in [0.1, 0.15) is 6.54 Å². The number of pyridine rings is 1. The fraction of sp³-hybridized carbons (Fsp3) is 0.542. The number of aryl methyl sites for hydroxylation is 2. The Bertz CT molecular complexity index is 1180. The Balaban J connectivity index is 1.62. The number of nitrogens with one attached hydrogen (secondary N) is 1. The molecule has 1 saturated carbocycles. The molecule has 1 aliphatic carbocycles. The first-order valence-corrected chi connectivity index (χ1v) is 11.7. The van der Waals surface area contributed by atoms with E-state index in [0.29, 0.717) is 31.6 Å². The average molecular weight is 453 g/mol. The van der Waals surface area contributed by atoms with Crippen LogP contribution in [0.5, 0.6) is 0 Å². The zero-order chi connectivity index (χ0) is 23.4. The van der Waals surface area contributed by atoms with Gasteiger partial charge in [-0.1, -0.05) is 31.4 Å². The summed E-state index contributed by atoms with van der Waals surface area (Å²) in [4.78, 5) is 30.4. The van der Waals surface area contributed by atoms with E-state index in [1.54, 1.807) is 6.92 Å². The number of hydrogen-bond donors (Lipinski definition) is 1. The lowest BCUT2D eigenvalue weighted by molar-refractivity contribution is -0.144. The number of aromatic amines is 1. The minimum absolute atomic E-state index is 0.0239. The third-order valence-electron chi connectivity index (χ3n) is 6.63. The number of carbonyl (C=O) groups is 1. The maximum atomic E-state index is 13.0. The molecule has 1 N–H and O–H groups in total. The monoisotopic (exact) mass is 452 g/mol. The molecule has 9 heteroatoms. The van der Waals surface area contributed by atoms with Crippen molar-refractivity contribution in [1.29, 1.82) is 0 Å². The van der Waals surface area contributed by atoms with Gasteiger partial charge in [-0.3, -0.25) is 14.5 Å². The van der Waals surface area contributed by atoms with Gasteiger partial charge in [0.05, 0.1) is 18.7 Å². The molecule has 2 heterocycles. The number of fused-ring (bicyclic) bond motifs is 1. The minimum atomic E-state index is -0.369. The molecule has 0 saturated heterocycles. The van der Waals surface area contributed by atoms with Crippen molar-refractivity contribution in [3.63, 3.8) is 0 Å². The summed E-state index contributed by atoms with van der Waals surface area (Å²) in [7, 11) is 0. The molecule has 176 valence electrons. The first kappa shape index (κ1) is 23.1. The molecule has 1 fully saturated rings. The van der Waals surface area contributed by atoms with E-state index in [2.05, 4.69) is 37.5 Å². The second kappa shape index (κ2) is 10.2. The summed E-state index contributed by atoms with van der Waals surface area (Å²) in [6.07, 6.45) is 5.72. The third kappa shape index (κ3) is 5.30. The van der Waals surface area contributed by atoms with Gasteiger partial charge in [0.15, 0.2) is 5.82 Å². The van der Waals surface area contributed by atoms with E-state index >= 15 is 0 Å². The second-order valence-electron chi connectivity index (χ2n) is 8.85. The summed E-state index contributed by atoms with van der Waals surface area (Å²) < 4.78 is 6.54. The van der Waals surface area contributed by atoms with Crippen LogP contribution in [0.1, 0.15) is 61.5 Å². The predicted molar refractivity (Wildman–Crippen MR) is 125 cm³/mol. The first-order valence-electron chi connectivity index (χ1n) is 11.7. The number of esters is 1. The molecule has 9 nitrogen and oxygen atoms in total. The number of carbonyl (C=O) groups excluding carboxylic acids is 1. The van der Waals surface area contributed by atoms with E-state index in [1.165, 1.54) is 23.9 Å². The molecule has 2 aromatic heterocycles. The number of aromatic nitrogens is 5. The standard InChI is InChI=1S/C24H32N6O3/c1-4-33-22(31)15-30-21(26-27-28-30)14-29(20-8-6-5-7-9-20)13-19-12-18-11-10-16(2)17(3)23(18)25-24(19)32/h10-12,20H,4-9,13-15H2,1-3H3,(H,25,32). The highest BCUT2D eigenvalue weighted by Gasteiger charge is 2.25. The Morgan fingerprint density at radius 1 is 1.21 bits per heavy atom. The van der Waals surface area contributed by atoms with E-state index in [-0.39, 0.29) is 18.1 Å². The lowest BCUT2D eigenvalue weighted by Gasteiger charge is -2.33. The Morgan fingerprint density at radius 2 is 2.00 bits per heavy atom. The lowest BCUT2D eigenvalue weighted by atomic mass is 9.93. The van der Waals surface area contributed by atoms with Crippen LogP contribution in [0.4, 0.5) is 0 Å². The Hall–Kier alpha value is -3.07.